The van der Waals surface area contributed by atoms with Gasteiger partial charge in [-0.25, -0.2) is 0 Å². The lowest BCUT2D eigenvalue weighted by atomic mass is 10.0. The molecule has 5 heterocycles. The van der Waals surface area contributed by atoms with E-state index in [9.17, 15) is 10.1 Å². The SMILES string of the molecule is COc1cc(C(=O)N2C3CCCC2CC3)ccc1-c1cc2nccc(-c3ccc(NC4CCOCC4)c(C#N)c3)c2o1. The maximum atomic E-state index is 13.5. The molecule has 0 spiro atoms. The highest BCUT2D eigenvalue weighted by atomic mass is 16.5. The Morgan fingerprint density at radius 2 is 1.81 bits per heavy atom. The Hall–Kier alpha value is -4.35. The summed E-state index contributed by atoms with van der Waals surface area (Å²) in [5, 5.41) is 13.4. The molecule has 0 saturated carbocycles. The predicted molar refractivity (Wildman–Crippen MR) is 160 cm³/mol. The summed E-state index contributed by atoms with van der Waals surface area (Å²) in [5.74, 6) is 1.28. The number of piperidine rings is 1. The number of amides is 1. The Bertz CT molecular complexity index is 1670. The molecule has 2 aromatic heterocycles. The van der Waals surface area contributed by atoms with Crippen molar-refractivity contribution < 1.29 is 18.7 Å². The lowest BCUT2D eigenvalue weighted by molar-refractivity contribution is 0.0595. The van der Waals surface area contributed by atoms with Crippen molar-refractivity contribution >= 4 is 22.7 Å². The summed E-state index contributed by atoms with van der Waals surface area (Å²) in [6.07, 6.45) is 9.20. The van der Waals surface area contributed by atoms with Gasteiger partial charge in [-0.3, -0.25) is 9.78 Å². The van der Waals surface area contributed by atoms with Gasteiger partial charge in [0, 0.05) is 54.7 Å². The second kappa shape index (κ2) is 11.1. The van der Waals surface area contributed by atoms with Crippen LogP contribution < -0.4 is 10.1 Å². The third-order valence-corrected chi connectivity index (χ3v) is 9.09. The summed E-state index contributed by atoms with van der Waals surface area (Å²) >= 11 is 0. The van der Waals surface area contributed by atoms with E-state index >= 15 is 0 Å². The van der Waals surface area contributed by atoms with Crippen LogP contribution in [0.1, 0.15) is 60.9 Å². The average Bonchev–Trinajstić information content (AvgIpc) is 3.58. The lowest BCUT2D eigenvalue weighted by Crippen LogP contribution is -2.43. The highest BCUT2D eigenvalue weighted by Crippen LogP contribution is 2.40. The van der Waals surface area contributed by atoms with Gasteiger partial charge in [0.1, 0.15) is 23.1 Å². The van der Waals surface area contributed by atoms with Crippen molar-refractivity contribution in [3.63, 3.8) is 0 Å². The maximum Gasteiger partial charge on any atom is 0.254 e. The van der Waals surface area contributed by atoms with Crippen LogP contribution in [-0.4, -0.2) is 54.2 Å². The summed E-state index contributed by atoms with van der Waals surface area (Å²) in [5.41, 5.74) is 5.88. The molecule has 0 aliphatic carbocycles. The van der Waals surface area contributed by atoms with Gasteiger partial charge in [-0.2, -0.15) is 5.26 Å². The lowest BCUT2D eigenvalue weighted by Gasteiger charge is -2.35. The molecule has 0 radical (unpaired) electrons. The smallest absolute Gasteiger partial charge is 0.254 e. The fourth-order valence-electron chi connectivity index (χ4n) is 6.92. The number of aromatic nitrogens is 1. The zero-order chi connectivity index (χ0) is 28.6. The third kappa shape index (κ3) is 4.78. The van der Waals surface area contributed by atoms with Gasteiger partial charge in [0.05, 0.1) is 23.9 Å². The van der Waals surface area contributed by atoms with Gasteiger partial charge in [0.25, 0.3) is 5.91 Å². The molecule has 42 heavy (non-hydrogen) atoms. The molecule has 3 saturated heterocycles. The highest BCUT2D eigenvalue weighted by molar-refractivity contribution is 5.97. The Morgan fingerprint density at radius 1 is 1.00 bits per heavy atom. The van der Waals surface area contributed by atoms with E-state index < -0.39 is 0 Å². The quantitative estimate of drug-likeness (QED) is 0.276. The number of anilines is 1. The van der Waals surface area contributed by atoms with Gasteiger partial charge in [-0.05, 0) is 86.9 Å². The monoisotopic (exact) mass is 562 g/mol. The number of hydrogen-bond donors (Lipinski definition) is 1. The predicted octanol–water partition coefficient (Wildman–Crippen LogP) is 6.79. The topological polar surface area (TPSA) is 101 Å². The molecule has 1 N–H and O–H groups in total. The number of hydrogen-bond acceptors (Lipinski definition) is 7. The molecule has 2 unspecified atom stereocenters. The third-order valence-electron chi connectivity index (χ3n) is 9.09. The number of benzene rings is 2. The Labute approximate surface area is 245 Å². The minimum Gasteiger partial charge on any atom is -0.496 e. The normalized spacial score (nSPS) is 20.4. The number of rotatable bonds is 6. The van der Waals surface area contributed by atoms with Crippen molar-refractivity contribution in [2.75, 3.05) is 25.6 Å². The molecular weight excluding hydrogens is 528 g/mol. The van der Waals surface area contributed by atoms with Crippen LogP contribution in [0.3, 0.4) is 0 Å². The van der Waals surface area contributed by atoms with Crippen LogP contribution in [0.15, 0.2) is 59.1 Å². The molecule has 1 amide bonds. The molecule has 4 aromatic rings. The first-order valence-electron chi connectivity index (χ1n) is 14.9. The standard InChI is InChI=1S/C34H34N4O4/c1-40-31-18-22(34(39)38-25-3-2-4-26(38)8-7-25)5-9-28(31)32-19-30-33(42-32)27(11-14-36-30)21-6-10-29(23(17-21)20-35)37-24-12-15-41-16-13-24/h5-6,9-11,14,17-19,24-26,37H,2-4,7-8,12-13,15-16H2,1H3. The minimum absolute atomic E-state index is 0.0867. The van der Waals surface area contributed by atoms with Crippen molar-refractivity contribution in [1.82, 2.24) is 9.88 Å². The molecule has 214 valence electrons. The molecule has 3 fully saturated rings. The van der Waals surface area contributed by atoms with E-state index in [1.165, 1.54) is 6.42 Å². The fourth-order valence-corrected chi connectivity index (χ4v) is 6.92. The number of methoxy groups -OCH3 is 1. The number of furan rings is 1. The van der Waals surface area contributed by atoms with Crippen molar-refractivity contribution in [2.24, 2.45) is 0 Å². The number of carbonyl (C=O) groups excluding carboxylic acids is 1. The molecule has 7 rings (SSSR count). The van der Waals surface area contributed by atoms with Crippen molar-refractivity contribution in [3.8, 4) is 34.3 Å². The van der Waals surface area contributed by atoms with Gasteiger partial charge >= 0.3 is 0 Å². The van der Waals surface area contributed by atoms with Crippen LogP contribution in [-0.2, 0) is 4.74 Å². The first-order valence-corrected chi connectivity index (χ1v) is 14.9. The van der Waals surface area contributed by atoms with Crippen molar-refractivity contribution in [1.29, 1.82) is 5.26 Å². The number of nitrogens with zero attached hydrogens (tertiary/aromatic N) is 3. The summed E-state index contributed by atoms with van der Waals surface area (Å²) < 4.78 is 17.6. The number of carbonyl (C=O) groups is 1. The molecule has 2 aromatic carbocycles. The second-order valence-corrected chi connectivity index (χ2v) is 11.5. The molecule has 8 heteroatoms. The van der Waals surface area contributed by atoms with Crippen LogP contribution in [0, 0.1) is 11.3 Å². The van der Waals surface area contributed by atoms with Crippen LogP contribution in [0.4, 0.5) is 5.69 Å². The first kappa shape index (κ1) is 26.5. The van der Waals surface area contributed by atoms with E-state index in [4.69, 9.17) is 13.9 Å². The highest BCUT2D eigenvalue weighted by Gasteiger charge is 2.39. The van der Waals surface area contributed by atoms with E-state index in [1.807, 2.05) is 48.5 Å². The second-order valence-electron chi connectivity index (χ2n) is 11.5. The summed E-state index contributed by atoms with van der Waals surface area (Å²) in [7, 11) is 1.61. The zero-order valence-corrected chi connectivity index (χ0v) is 23.8. The minimum atomic E-state index is 0.0867. The maximum absolute atomic E-state index is 13.5. The average molecular weight is 563 g/mol. The van der Waals surface area contributed by atoms with Crippen LogP contribution in [0.25, 0.3) is 33.6 Å². The van der Waals surface area contributed by atoms with Gasteiger partial charge in [0.2, 0.25) is 0 Å². The van der Waals surface area contributed by atoms with Crippen molar-refractivity contribution in [3.05, 3.63) is 65.9 Å². The Balaban J connectivity index is 1.19. The van der Waals surface area contributed by atoms with Crippen LogP contribution in [0.5, 0.6) is 5.75 Å². The molecule has 2 bridgehead atoms. The number of nitriles is 1. The van der Waals surface area contributed by atoms with Gasteiger partial charge < -0.3 is 24.1 Å². The molecule has 3 aliphatic heterocycles. The molecular formula is C34H34N4O4. The Kier molecular flexibility index (Phi) is 7.04. The fraction of sp³-hybridized carbons (Fsp3) is 0.382. The van der Waals surface area contributed by atoms with E-state index in [1.54, 1.807) is 13.3 Å². The molecule has 8 nitrogen and oxygen atoms in total. The first-order chi connectivity index (χ1) is 20.6. The summed E-state index contributed by atoms with van der Waals surface area (Å²) in [4.78, 5) is 20.2. The van der Waals surface area contributed by atoms with E-state index in [2.05, 4.69) is 21.3 Å². The van der Waals surface area contributed by atoms with E-state index in [0.717, 1.165) is 74.1 Å². The van der Waals surface area contributed by atoms with Crippen LogP contribution >= 0.6 is 0 Å². The summed E-state index contributed by atoms with van der Waals surface area (Å²) in [6.45, 7) is 1.47. The number of nitrogens with one attached hydrogen (secondary N) is 1. The summed E-state index contributed by atoms with van der Waals surface area (Å²) in [6, 6.07) is 18.6. The number of fused-ring (bicyclic) bond motifs is 3. The van der Waals surface area contributed by atoms with Gasteiger partial charge in [0.15, 0.2) is 5.58 Å². The molecule has 3 aliphatic rings. The largest absolute Gasteiger partial charge is 0.496 e. The number of pyridine rings is 1. The zero-order valence-electron chi connectivity index (χ0n) is 23.8. The van der Waals surface area contributed by atoms with Crippen LogP contribution in [0.2, 0.25) is 0 Å². The van der Waals surface area contributed by atoms with Gasteiger partial charge in [-0.1, -0.05) is 6.07 Å². The van der Waals surface area contributed by atoms with E-state index in [0.29, 0.717) is 51.9 Å². The molecule has 2 atom stereocenters. The number of ether oxygens (including phenoxy) is 2. The van der Waals surface area contributed by atoms with Gasteiger partial charge in [-0.15, -0.1) is 0 Å². The Morgan fingerprint density at radius 3 is 2.57 bits per heavy atom. The van der Waals surface area contributed by atoms with Crippen molar-refractivity contribution in [2.45, 2.75) is 63.1 Å². The van der Waals surface area contributed by atoms with E-state index in [-0.39, 0.29) is 5.91 Å².